The number of likely N-dealkylation sites (N-methyl/N-ethyl adjacent to an activating group) is 1. The first-order chi connectivity index (χ1) is 12.1. The Morgan fingerprint density at radius 3 is 2.44 bits per heavy atom. The summed E-state index contributed by atoms with van der Waals surface area (Å²) in [6, 6.07) is 15.7. The van der Waals surface area contributed by atoms with Crippen LogP contribution in [0.5, 0.6) is 5.75 Å². The minimum absolute atomic E-state index is 0.0203. The minimum Gasteiger partial charge on any atom is -0.489 e. The molecule has 3 rings (SSSR count). The number of hydrogen-bond acceptors (Lipinski definition) is 4. The molecule has 2 aromatic rings. The number of thioether (sulfide) groups is 1. The van der Waals surface area contributed by atoms with Gasteiger partial charge in [0.25, 0.3) is 5.91 Å². The maximum absolute atomic E-state index is 12.2. The molecule has 1 heterocycles. The summed E-state index contributed by atoms with van der Waals surface area (Å²) in [4.78, 5) is 14.5. The van der Waals surface area contributed by atoms with Gasteiger partial charge in [0.05, 0.1) is 4.91 Å². The summed E-state index contributed by atoms with van der Waals surface area (Å²) in [7, 11) is 0. The van der Waals surface area contributed by atoms with Crippen LogP contribution in [0.25, 0.3) is 6.08 Å². The summed E-state index contributed by atoms with van der Waals surface area (Å²) in [5, 5.41) is 0. The van der Waals surface area contributed by atoms with Crippen molar-refractivity contribution >= 4 is 56.2 Å². The van der Waals surface area contributed by atoms with E-state index in [-0.39, 0.29) is 5.91 Å². The molecule has 0 N–H and O–H groups in total. The fraction of sp³-hybridized carbons (Fsp3) is 0.158. The highest BCUT2D eigenvalue weighted by molar-refractivity contribution is 9.10. The van der Waals surface area contributed by atoms with Crippen LogP contribution in [0, 0.1) is 0 Å². The number of ether oxygens (including phenoxy) is 1. The maximum atomic E-state index is 12.2. The quantitative estimate of drug-likeness (QED) is 0.475. The lowest BCUT2D eigenvalue weighted by atomic mass is 10.2. The lowest BCUT2D eigenvalue weighted by Crippen LogP contribution is -2.27. The number of thiocarbonyl (C=S) groups is 1. The molecule has 0 unspecified atom stereocenters. The van der Waals surface area contributed by atoms with E-state index in [0.29, 0.717) is 22.4 Å². The number of amides is 1. The Balaban J connectivity index is 1.64. The Morgan fingerprint density at radius 2 is 1.84 bits per heavy atom. The summed E-state index contributed by atoms with van der Waals surface area (Å²) in [6.07, 6.45) is 1.87. The summed E-state index contributed by atoms with van der Waals surface area (Å²) >= 11 is 9.99. The summed E-state index contributed by atoms with van der Waals surface area (Å²) in [5.41, 5.74) is 2.06. The molecule has 0 aromatic heterocycles. The van der Waals surface area contributed by atoms with Crippen LogP contribution in [0.4, 0.5) is 0 Å². The van der Waals surface area contributed by atoms with Crippen molar-refractivity contribution in [3.63, 3.8) is 0 Å². The van der Waals surface area contributed by atoms with E-state index in [4.69, 9.17) is 17.0 Å². The minimum atomic E-state index is -0.0203. The van der Waals surface area contributed by atoms with Gasteiger partial charge in [-0.3, -0.25) is 9.69 Å². The van der Waals surface area contributed by atoms with E-state index in [1.54, 1.807) is 4.90 Å². The van der Waals surface area contributed by atoms with Crippen LogP contribution >= 0.6 is 39.9 Å². The standard InChI is InChI=1S/C19H16BrNO2S2/c1-2-21-18(22)17(25-19(21)24)11-13-5-9-16(10-6-13)23-12-14-3-7-15(20)8-4-14/h3-11H,2,12H2,1H3/b17-11-. The molecule has 1 fully saturated rings. The normalized spacial score (nSPS) is 15.9. The number of carbonyl (C=O) groups excluding carboxylic acids is 1. The average Bonchev–Trinajstić information content (AvgIpc) is 2.88. The van der Waals surface area contributed by atoms with Gasteiger partial charge in [0.1, 0.15) is 16.7 Å². The SMILES string of the molecule is CCN1C(=O)/C(=C/c2ccc(OCc3ccc(Br)cc3)cc2)SC1=S. The second-order valence-corrected chi connectivity index (χ2v) is 8.00. The van der Waals surface area contributed by atoms with E-state index in [1.165, 1.54) is 11.8 Å². The summed E-state index contributed by atoms with van der Waals surface area (Å²) in [6.45, 7) is 3.04. The largest absolute Gasteiger partial charge is 0.489 e. The molecular formula is C19H16BrNO2S2. The van der Waals surface area contributed by atoms with Gasteiger partial charge < -0.3 is 4.74 Å². The molecule has 1 aliphatic heterocycles. The number of benzene rings is 2. The molecule has 0 atom stereocenters. The third-order valence-electron chi connectivity index (χ3n) is 3.69. The molecule has 1 aliphatic rings. The third kappa shape index (κ3) is 4.51. The third-order valence-corrected chi connectivity index (χ3v) is 5.59. The maximum Gasteiger partial charge on any atom is 0.266 e. The van der Waals surface area contributed by atoms with Crippen LogP contribution in [0.1, 0.15) is 18.1 Å². The zero-order valence-electron chi connectivity index (χ0n) is 13.6. The molecule has 1 saturated heterocycles. The van der Waals surface area contributed by atoms with Gasteiger partial charge in [-0.15, -0.1) is 0 Å². The highest BCUT2D eigenvalue weighted by Gasteiger charge is 2.30. The number of rotatable bonds is 5. The number of hydrogen-bond donors (Lipinski definition) is 0. The predicted octanol–water partition coefficient (Wildman–Crippen LogP) is 5.25. The van der Waals surface area contributed by atoms with Crippen LogP contribution in [0.15, 0.2) is 57.9 Å². The van der Waals surface area contributed by atoms with Crippen molar-refractivity contribution in [2.45, 2.75) is 13.5 Å². The van der Waals surface area contributed by atoms with Gasteiger partial charge in [0.2, 0.25) is 0 Å². The molecule has 0 saturated carbocycles. The topological polar surface area (TPSA) is 29.5 Å². The molecule has 3 nitrogen and oxygen atoms in total. The van der Waals surface area contributed by atoms with Crippen LogP contribution in [0.2, 0.25) is 0 Å². The van der Waals surface area contributed by atoms with Crippen LogP contribution in [0.3, 0.4) is 0 Å². The van der Waals surface area contributed by atoms with Gasteiger partial charge in [-0.2, -0.15) is 0 Å². The van der Waals surface area contributed by atoms with Gasteiger partial charge in [-0.25, -0.2) is 0 Å². The molecule has 0 radical (unpaired) electrons. The van der Waals surface area contributed by atoms with Gasteiger partial charge in [0, 0.05) is 11.0 Å². The van der Waals surface area contributed by atoms with Crippen molar-refractivity contribution in [3.05, 3.63) is 69.0 Å². The number of halogens is 1. The molecule has 128 valence electrons. The molecule has 2 aromatic carbocycles. The zero-order chi connectivity index (χ0) is 17.8. The molecule has 0 spiro atoms. The second-order valence-electron chi connectivity index (χ2n) is 5.41. The molecule has 1 amide bonds. The number of carbonyl (C=O) groups is 1. The Labute approximate surface area is 165 Å². The van der Waals surface area contributed by atoms with Crippen LogP contribution in [-0.2, 0) is 11.4 Å². The highest BCUT2D eigenvalue weighted by Crippen LogP contribution is 2.32. The van der Waals surface area contributed by atoms with Crippen molar-refractivity contribution in [3.8, 4) is 5.75 Å². The monoisotopic (exact) mass is 433 g/mol. The van der Waals surface area contributed by atoms with Crippen LogP contribution < -0.4 is 4.74 Å². The van der Waals surface area contributed by atoms with Gasteiger partial charge in [0.15, 0.2) is 0 Å². The molecule has 0 bridgehead atoms. The lowest BCUT2D eigenvalue weighted by Gasteiger charge is -2.09. The van der Waals surface area contributed by atoms with Crippen molar-refractivity contribution in [2.75, 3.05) is 6.54 Å². The molecule has 25 heavy (non-hydrogen) atoms. The van der Waals surface area contributed by atoms with Crippen LogP contribution in [-0.4, -0.2) is 21.7 Å². The molecule has 6 heteroatoms. The fourth-order valence-electron chi connectivity index (χ4n) is 2.33. The van der Waals surface area contributed by atoms with Crippen molar-refractivity contribution in [2.24, 2.45) is 0 Å². The first-order valence-electron chi connectivity index (χ1n) is 7.79. The smallest absolute Gasteiger partial charge is 0.266 e. The number of nitrogens with zero attached hydrogens (tertiary/aromatic N) is 1. The van der Waals surface area contributed by atoms with E-state index in [9.17, 15) is 4.79 Å². The van der Waals surface area contributed by atoms with Crippen molar-refractivity contribution in [1.82, 2.24) is 4.90 Å². The van der Waals surface area contributed by atoms with Gasteiger partial charge in [-0.1, -0.05) is 64.2 Å². The van der Waals surface area contributed by atoms with Crippen molar-refractivity contribution in [1.29, 1.82) is 0 Å². The van der Waals surface area contributed by atoms with E-state index in [1.807, 2.05) is 61.5 Å². The molecular weight excluding hydrogens is 418 g/mol. The Kier molecular flexibility index (Phi) is 5.93. The Morgan fingerprint density at radius 1 is 1.16 bits per heavy atom. The van der Waals surface area contributed by atoms with E-state index >= 15 is 0 Å². The van der Waals surface area contributed by atoms with E-state index in [2.05, 4.69) is 15.9 Å². The first-order valence-corrected chi connectivity index (χ1v) is 9.81. The van der Waals surface area contributed by atoms with Gasteiger partial charge in [-0.05, 0) is 48.4 Å². The van der Waals surface area contributed by atoms with Gasteiger partial charge >= 0.3 is 0 Å². The van der Waals surface area contributed by atoms with Crippen molar-refractivity contribution < 1.29 is 9.53 Å². The summed E-state index contributed by atoms with van der Waals surface area (Å²) in [5.74, 6) is 0.772. The molecule has 0 aliphatic carbocycles. The lowest BCUT2D eigenvalue weighted by molar-refractivity contribution is -0.121. The average molecular weight is 434 g/mol. The van der Waals surface area contributed by atoms with E-state index in [0.717, 1.165) is 21.3 Å². The first kappa shape index (κ1) is 18.2. The predicted molar refractivity (Wildman–Crippen MR) is 110 cm³/mol. The second kappa shape index (κ2) is 8.17. The fourth-order valence-corrected chi connectivity index (χ4v) is 3.98. The Bertz CT molecular complexity index is 816. The zero-order valence-corrected chi connectivity index (χ0v) is 16.8. The Hall–Kier alpha value is -1.63. The summed E-state index contributed by atoms with van der Waals surface area (Å²) < 4.78 is 7.46. The highest BCUT2D eigenvalue weighted by atomic mass is 79.9. The van der Waals surface area contributed by atoms with E-state index < -0.39 is 0 Å².